The normalized spacial score (nSPS) is 16.4. The zero-order valence-corrected chi connectivity index (χ0v) is 9.28. The lowest BCUT2D eigenvalue weighted by Crippen LogP contribution is -2.33. The van der Waals surface area contributed by atoms with Gasteiger partial charge in [-0.25, -0.2) is 4.79 Å². The van der Waals surface area contributed by atoms with Crippen LogP contribution in [0.25, 0.3) is 0 Å². The van der Waals surface area contributed by atoms with E-state index >= 15 is 0 Å². The van der Waals surface area contributed by atoms with Gasteiger partial charge in [0, 0.05) is 31.8 Å². The van der Waals surface area contributed by atoms with Gasteiger partial charge in [0.1, 0.15) is 0 Å². The van der Waals surface area contributed by atoms with Crippen LogP contribution in [0, 0.1) is 0 Å². The molecule has 0 spiro atoms. The van der Waals surface area contributed by atoms with E-state index in [-0.39, 0.29) is 0 Å². The average Bonchev–Trinajstić information content (AvgIpc) is 3.00. The molecule has 1 rings (SSSR count). The number of aliphatic carboxylic acids is 1. The Balaban J connectivity index is 1.98. The zero-order chi connectivity index (χ0) is 11.1. The summed E-state index contributed by atoms with van der Waals surface area (Å²) in [6.45, 7) is 5.91. The second-order valence-electron chi connectivity index (χ2n) is 3.80. The van der Waals surface area contributed by atoms with Crippen LogP contribution in [0.1, 0.15) is 19.8 Å². The van der Waals surface area contributed by atoms with Gasteiger partial charge in [-0.3, -0.25) is 4.90 Å². The van der Waals surface area contributed by atoms with E-state index < -0.39 is 5.97 Å². The first-order valence-corrected chi connectivity index (χ1v) is 5.58. The van der Waals surface area contributed by atoms with Crippen LogP contribution in [0.3, 0.4) is 0 Å². The highest BCUT2D eigenvalue weighted by Crippen LogP contribution is 2.25. The van der Waals surface area contributed by atoms with Crippen LogP contribution in [-0.2, 0) is 4.79 Å². The number of carboxylic acid groups (broad SMARTS) is 1. The summed E-state index contributed by atoms with van der Waals surface area (Å²) in [7, 11) is 0. The molecule has 86 valence electrons. The van der Waals surface area contributed by atoms with Crippen molar-refractivity contribution in [3.05, 3.63) is 12.2 Å². The van der Waals surface area contributed by atoms with Crippen molar-refractivity contribution < 1.29 is 9.90 Å². The van der Waals surface area contributed by atoms with Gasteiger partial charge in [-0.1, -0.05) is 13.0 Å². The maximum atomic E-state index is 10.2. The topological polar surface area (TPSA) is 52.6 Å². The minimum Gasteiger partial charge on any atom is -0.478 e. The van der Waals surface area contributed by atoms with Crippen LogP contribution in [0.2, 0.25) is 0 Å². The van der Waals surface area contributed by atoms with Gasteiger partial charge in [0.25, 0.3) is 0 Å². The Hall–Kier alpha value is -0.870. The Morgan fingerprint density at radius 2 is 2.33 bits per heavy atom. The SMILES string of the molecule is CCN(CCNC/C=C/C(=O)O)C1CC1. The number of carbonyl (C=O) groups is 1. The van der Waals surface area contributed by atoms with E-state index in [4.69, 9.17) is 5.11 Å². The summed E-state index contributed by atoms with van der Waals surface area (Å²) in [6, 6.07) is 0.811. The third-order valence-corrected chi connectivity index (χ3v) is 2.57. The molecule has 15 heavy (non-hydrogen) atoms. The molecule has 0 saturated heterocycles. The van der Waals surface area contributed by atoms with Crippen LogP contribution >= 0.6 is 0 Å². The van der Waals surface area contributed by atoms with Gasteiger partial charge in [-0.15, -0.1) is 0 Å². The molecule has 0 unspecified atom stereocenters. The Morgan fingerprint density at radius 1 is 1.60 bits per heavy atom. The molecule has 4 nitrogen and oxygen atoms in total. The first-order chi connectivity index (χ1) is 7.24. The van der Waals surface area contributed by atoms with Crippen molar-refractivity contribution in [1.82, 2.24) is 10.2 Å². The van der Waals surface area contributed by atoms with E-state index in [1.807, 2.05) is 0 Å². The van der Waals surface area contributed by atoms with Crippen LogP contribution in [0.5, 0.6) is 0 Å². The minimum absolute atomic E-state index is 0.633. The van der Waals surface area contributed by atoms with Crippen molar-refractivity contribution in [3.63, 3.8) is 0 Å². The quantitative estimate of drug-likeness (QED) is 0.459. The van der Waals surface area contributed by atoms with E-state index in [9.17, 15) is 4.79 Å². The van der Waals surface area contributed by atoms with Crippen molar-refractivity contribution >= 4 is 5.97 Å². The van der Waals surface area contributed by atoms with Crippen molar-refractivity contribution in [1.29, 1.82) is 0 Å². The van der Waals surface area contributed by atoms with Gasteiger partial charge < -0.3 is 10.4 Å². The molecule has 0 atom stereocenters. The number of carboxylic acids is 1. The molecule has 0 aromatic heterocycles. The third kappa shape index (κ3) is 5.54. The third-order valence-electron chi connectivity index (χ3n) is 2.57. The van der Waals surface area contributed by atoms with Gasteiger partial charge >= 0.3 is 5.97 Å². The predicted octanol–water partition coefficient (Wildman–Crippen LogP) is 0.701. The summed E-state index contributed by atoms with van der Waals surface area (Å²) in [5.41, 5.74) is 0. The second-order valence-corrected chi connectivity index (χ2v) is 3.80. The number of rotatable bonds is 8. The molecule has 0 aromatic rings. The summed E-state index contributed by atoms with van der Waals surface area (Å²) < 4.78 is 0. The fourth-order valence-corrected chi connectivity index (χ4v) is 1.61. The van der Waals surface area contributed by atoms with Crippen molar-refractivity contribution in [2.24, 2.45) is 0 Å². The van der Waals surface area contributed by atoms with Crippen molar-refractivity contribution in [3.8, 4) is 0 Å². The highest BCUT2D eigenvalue weighted by Gasteiger charge is 2.26. The smallest absolute Gasteiger partial charge is 0.328 e. The van der Waals surface area contributed by atoms with Gasteiger partial charge in [-0.2, -0.15) is 0 Å². The lowest BCUT2D eigenvalue weighted by molar-refractivity contribution is -0.131. The molecule has 1 aliphatic rings. The lowest BCUT2D eigenvalue weighted by Gasteiger charge is -2.19. The summed E-state index contributed by atoms with van der Waals surface area (Å²) in [4.78, 5) is 12.6. The standard InChI is InChI=1S/C11H20N2O2/c1-2-13(10-5-6-10)9-8-12-7-3-4-11(14)15/h3-4,10,12H,2,5-9H2,1H3,(H,14,15)/b4-3+. The second kappa shape index (κ2) is 6.58. The van der Waals surface area contributed by atoms with Gasteiger partial charge in [0.2, 0.25) is 0 Å². The van der Waals surface area contributed by atoms with E-state index in [1.54, 1.807) is 6.08 Å². The molecular weight excluding hydrogens is 192 g/mol. The molecule has 4 heteroatoms. The van der Waals surface area contributed by atoms with Gasteiger partial charge in [0.05, 0.1) is 0 Å². The fourth-order valence-electron chi connectivity index (χ4n) is 1.61. The number of nitrogens with zero attached hydrogens (tertiary/aromatic N) is 1. The highest BCUT2D eigenvalue weighted by molar-refractivity contribution is 5.79. The summed E-state index contributed by atoms with van der Waals surface area (Å²) in [5, 5.41) is 11.6. The van der Waals surface area contributed by atoms with E-state index in [2.05, 4.69) is 17.1 Å². The molecule has 2 N–H and O–H groups in total. The van der Waals surface area contributed by atoms with Crippen molar-refractivity contribution in [2.45, 2.75) is 25.8 Å². The summed E-state index contributed by atoms with van der Waals surface area (Å²) in [5.74, 6) is -0.884. The molecule has 0 amide bonds. The van der Waals surface area contributed by atoms with Crippen molar-refractivity contribution in [2.75, 3.05) is 26.2 Å². The first-order valence-electron chi connectivity index (χ1n) is 5.58. The molecule has 0 aliphatic heterocycles. The summed E-state index contributed by atoms with van der Waals surface area (Å²) in [6.07, 6.45) is 5.49. The highest BCUT2D eigenvalue weighted by atomic mass is 16.4. The largest absolute Gasteiger partial charge is 0.478 e. The predicted molar refractivity (Wildman–Crippen MR) is 59.9 cm³/mol. The Bertz CT molecular complexity index is 225. The molecule has 1 aliphatic carbocycles. The Kier molecular flexibility index (Phi) is 5.36. The molecular formula is C11H20N2O2. The number of likely N-dealkylation sites (N-methyl/N-ethyl adjacent to an activating group) is 1. The first kappa shape index (κ1) is 12.2. The monoisotopic (exact) mass is 212 g/mol. The van der Waals surface area contributed by atoms with Crippen LogP contribution in [0.4, 0.5) is 0 Å². The van der Waals surface area contributed by atoms with E-state index in [0.29, 0.717) is 6.54 Å². The summed E-state index contributed by atoms with van der Waals surface area (Å²) >= 11 is 0. The van der Waals surface area contributed by atoms with Gasteiger partial charge in [0.15, 0.2) is 0 Å². The maximum Gasteiger partial charge on any atom is 0.328 e. The molecule has 1 fully saturated rings. The molecule has 0 radical (unpaired) electrons. The van der Waals surface area contributed by atoms with Crippen LogP contribution in [-0.4, -0.2) is 48.2 Å². The zero-order valence-electron chi connectivity index (χ0n) is 9.28. The van der Waals surface area contributed by atoms with Crippen LogP contribution < -0.4 is 5.32 Å². The van der Waals surface area contributed by atoms with Crippen LogP contribution in [0.15, 0.2) is 12.2 Å². The lowest BCUT2D eigenvalue weighted by atomic mass is 10.4. The van der Waals surface area contributed by atoms with E-state index in [1.165, 1.54) is 18.9 Å². The number of hydrogen-bond acceptors (Lipinski definition) is 3. The average molecular weight is 212 g/mol. The fraction of sp³-hybridized carbons (Fsp3) is 0.727. The number of nitrogens with one attached hydrogen (secondary N) is 1. The molecule has 1 saturated carbocycles. The number of hydrogen-bond donors (Lipinski definition) is 2. The molecule has 0 aromatic carbocycles. The Labute approximate surface area is 91.0 Å². The Morgan fingerprint density at radius 3 is 2.87 bits per heavy atom. The van der Waals surface area contributed by atoms with Gasteiger partial charge in [-0.05, 0) is 19.4 Å². The minimum atomic E-state index is -0.884. The molecule has 0 bridgehead atoms. The van der Waals surface area contributed by atoms with E-state index in [0.717, 1.165) is 25.7 Å². The maximum absolute atomic E-state index is 10.2. The molecule has 0 heterocycles.